The van der Waals surface area contributed by atoms with E-state index in [1.54, 1.807) is 6.08 Å². The maximum absolute atomic E-state index is 13.1. The van der Waals surface area contributed by atoms with Gasteiger partial charge < -0.3 is 45.4 Å². The Morgan fingerprint density at radius 2 is 0.967 bits per heavy atom. The van der Waals surface area contributed by atoms with Crippen LogP contribution in [0.4, 0.5) is 0 Å². The summed E-state index contributed by atoms with van der Waals surface area (Å²) in [5.74, 6) is -0.630. The smallest absolute Gasteiger partial charge is 0.249 e. The summed E-state index contributed by atoms with van der Waals surface area (Å²) < 4.78 is 11.1. The molecule has 0 aromatic carbocycles. The van der Waals surface area contributed by atoms with Gasteiger partial charge >= 0.3 is 0 Å². The van der Waals surface area contributed by atoms with Crippen LogP contribution >= 0.6 is 0 Å². The molecule has 1 aliphatic heterocycles. The lowest BCUT2D eigenvalue weighted by Gasteiger charge is -2.40. The molecule has 8 atom stereocenters. The molecule has 0 radical (unpaired) electrons. The van der Waals surface area contributed by atoms with Crippen LogP contribution in [0.25, 0.3) is 0 Å². The Morgan fingerprint density at radius 1 is 0.557 bits per heavy atom. The molecular formula is C51H95NO9. The summed E-state index contributed by atoms with van der Waals surface area (Å²) in [6.07, 6.45) is 40.9. The summed E-state index contributed by atoms with van der Waals surface area (Å²) in [4.78, 5) is 13.1. The fraction of sp³-hybridized carbons (Fsp3) is 0.863. The number of amides is 1. The van der Waals surface area contributed by atoms with Gasteiger partial charge in [0.25, 0.3) is 0 Å². The highest BCUT2D eigenvalue weighted by Gasteiger charge is 2.44. The maximum atomic E-state index is 13.1. The first-order valence-corrected chi connectivity index (χ1v) is 25.3. The lowest BCUT2D eigenvalue weighted by Crippen LogP contribution is -2.60. The average Bonchev–Trinajstić information content (AvgIpc) is 3.26. The van der Waals surface area contributed by atoms with Crippen molar-refractivity contribution in [2.75, 3.05) is 13.2 Å². The van der Waals surface area contributed by atoms with E-state index in [0.29, 0.717) is 19.3 Å². The zero-order chi connectivity index (χ0) is 44.6. The van der Waals surface area contributed by atoms with Gasteiger partial charge in [0.15, 0.2) is 6.29 Å². The number of aliphatic hydroxyl groups is 6. The fourth-order valence-electron chi connectivity index (χ4n) is 7.88. The van der Waals surface area contributed by atoms with Crippen LogP contribution in [0.5, 0.6) is 0 Å². The molecule has 10 heteroatoms. The van der Waals surface area contributed by atoms with Gasteiger partial charge in [-0.15, -0.1) is 0 Å². The summed E-state index contributed by atoms with van der Waals surface area (Å²) in [5.41, 5.74) is 0. The van der Waals surface area contributed by atoms with E-state index in [0.717, 1.165) is 38.5 Å². The van der Waals surface area contributed by atoms with Crippen LogP contribution in [0, 0.1) is 0 Å². The Morgan fingerprint density at radius 3 is 1.43 bits per heavy atom. The largest absolute Gasteiger partial charge is 0.394 e. The monoisotopic (exact) mass is 866 g/mol. The first-order valence-electron chi connectivity index (χ1n) is 25.3. The Kier molecular flexibility index (Phi) is 38.7. The number of carbonyl (C=O) groups excluding carboxylic acids is 1. The average molecular weight is 866 g/mol. The molecule has 61 heavy (non-hydrogen) atoms. The van der Waals surface area contributed by atoms with E-state index in [9.17, 15) is 35.4 Å². The highest BCUT2D eigenvalue weighted by molar-refractivity contribution is 5.80. The van der Waals surface area contributed by atoms with Gasteiger partial charge in [0.2, 0.25) is 5.91 Å². The lowest BCUT2D eigenvalue weighted by molar-refractivity contribution is -0.302. The van der Waals surface area contributed by atoms with Gasteiger partial charge in [-0.05, 0) is 57.8 Å². The number of ether oxygens (including phenoxy) is 2. The highest BCUT2D eigenvalue weighted by Crippen LogP contribution is 2.23. The number of unbranched alkanes of at least 4 members (excludes halogenated alkanes) is 27. The van der Waals surface area contributed by atoms with Gasteiger partial charge in [-0.3, -0.25) is 4.79 Å². The molecule has 358 valence electrons. The van der Waals surface area contributed by atoms with Gasteiger partial charge in [0.05, 0.1) is 25.4 Å². The molecule has 1 rings (SSSR count). The maximum Gasteiger partial charge on any atom is 0.249 e. The minimum atomic E-state index is -1.62. The summed E-state index contributed by atoms with van der Waals surface area (Å²) in [5, 5.41) is 64.8. The van der Waals surface area contributed by atoms with E-state index in [2.05, 4.69) is 43.5 Å². The van der Waals surface area contributed by atoms with Crippen LogP contribution < -0.4 is 5.32 Å². The summed E-state index contributed by atoms with van der Waals surface area (Å²) in [6.45, 7) is 3.60. The second-order valence-corrected chi connectivity index (χ2v) is 17.7. The van der Waals surface area contributed by atoms with Gasteiger partial charge in [-0.1, -0.05) is 198 Å². The molecule has 0 spiro atoms. The van der Waals surface area contributed by atoms with Crippen molar-refractivity contribution in [3.05, 3.63) is 36.5 Å². The third kappa shape index (κ3) is 31.0. The van der Waals surface area contributed by atoms with Crippen molar-refractivity contribution in [3.63, 3.8) is 0 Å². The lowest BCUT2D eigenvalue weighted by atomic mass is 9.99. The zero-order valence-corrected chi connectivity index (χ0v) is 39.0. The second-order valence-electron chi connectivity index (χ2n) is 17.7. The highest BCUT2D eigenvalue weighted by atomic mass is 16.7. The summed E-state index contributed by atoms with van der Waals surface area (Å²) in [6, 6.07) is -0.999. The third-order valence-electron chi connectivity index (χ3n) is 12.0. The second kappa shape index (κ2) is 41.1. The van der Waals surface area contributed by atoms with Crippen LogP contribution in [-0.4, -0.2) is 98.7 Å². The zero-order valence-electron chi connectivity index (χ0n) is 39.0. The van der Waals surface area contributed by atoms with Crippen molar-refractivity contribution in [1.82, 2.24) is 5.32 Å². The summed E-state index contributed by atoms with van der Waals surface area (Å²) >= 11 is 0. The third-order valence-corrected chi connectivity index (χ3v) is 12.0. The number of allylic oxidation sites excluding steroid dienone is 5. The standard InChI is InChI=1S/C51H95NO9/c1-3-5-7-9-11-13-15-17-19-21-22-23-24-26-28-30-32-34-36-38-40-45(55)50(59)52-43(42-60-51-49(58)48(57)47(56)46(41-53)61-51)44(54)39-37-35-33-31-29-27-25-20-18-16-14-12-10-8-6-4-2/h23-24,29,31,37,39,43-49,51,53-58H,3-22,25-28,30,32-36,38,40-42H2,1-2H3,(H,52,59)/b24-23-,31-29+,39-37+. The number of nitrogens with one attached hydrogen (secondary N) is 1. The van der Waals surface area contributed by atoms with Crippen molar-refractivity contribution in [2.24, 2.45) is 0 Å². The van der Waals surface area contributed by atoms with Crippen LogP contribution in [-0.2, 0) is 14.3 Å². The van der Waals surface area contributed by atoms with Crippen LogP contribution in [0.3, 0.4) is 0 Å². The molecule has 0 aliphatic carbocycles. The normalized spacial score (nSPS) is 21.2. The number of aliphatic hydroxyl groups excluding tert-OH is 6. The Hall–Kier alpha value is -1.63. The molecular weight excluding hydrogens is 771 g/mol. The van der Waals surface area contributed by atoms with Crippen molar-refractivity contribution < 1.29 is 44.9 Å². The molecule has 0 saturated carbocycles. The number of hydrogen-bond donors (Lipinski definition) is 7. The van der Waals surface area contributed by atoms with Crippen LogP contribution in [0.1, 0.15) is 219 Å². The minimum Gasteiger partial charge on any atom is -0.394 e. The molecule has 7 N–H and O–H groups in total. The van der Waals surface area contributed by atoms with Crippen molar-refractivity contribution in [3.8, 4) is 0 Å². The van der Waals surface area contributed by atoms with Crippen LogP contribution in [0.15, 0.2) is 36.5 Å². The number of hydrogen-bond acceptors (Lipinski definition) is 9. The van der Waals surface area contributed by atoms with Gasteiger partial charge in [0, 0.05) is 0 Å². The Labute approximate surface area is 373 Å². The topological polar surface area (TPSA) is 169 Å². The van der Waals surface area contributed by atoms with Gasteiger partial charge in [0.1, 0.15) is 30.5 Å². The van der Waals surface area contributed by atoms with Gasteiger partial charge in [-0.25, -0.2) is 0 Å². The quantitative estimate of drug-likeness (QED) is 0.0233. The van der Waals surface area contributed by atoms with E-state index < -0.39 is 61.5 Å². The molecule has 8 unspecified atom stereocenters. The van der Waals surface area contributed by atoms with Crippen LogP contribution in [0.2, 0.25) is 0 Å². The number of rotatable bonds is 42. The molecule has 1 fully saturated rings. The minimum absolute atomic E-state index is 0.297. The van der Waals surface area contributed by atoms with Crippen molar-refractivity contribution in [1.29, 1.82) is 0 Å². The van der Waals surface area contributed by atoms with Crippen molar-refractivity contribution in [2.45, 2.75) is 268 Å². The SMILES string of the molecule is CCCCCCCCCCCC/C=C\CCCCCCCCC(O)C(=O)NC(COC1OC(CO)C(O)C(O)C1O)C(O)/C=C/CC/C=C/CCCCCCCCCCCC. The molecule has 1 saturated heterocycles. The first-order chi connectivity index (χ1) is 29.8. The van der Waals surface area contributed by atoms with E-state index in [-0.39, 0.29) is 6.61 Å². The van der Waals surface area contributed by atoms with Crippen molar-refractivity contribution >= 4 is 5.91 Å². The molecule has 1 aliphatic rings. The van der Waals surface area contributed by atoms with E-state index in [1.165, 1.54) is 148 Å². The molecule has 0 aromatic heterocycles. The molecule has 0 bridgehead atoms. The fourth-order valence-corrected chi connectivity index (χ4v) is 7.88. The predicted molar refractivity (Wildman–Crippen MR) is 250 cm³/mol. The molecule has 0 aromatic rings. The Bertz CT molecular complexity index is 1070. The first kappa shape index (κ1) is 57.4. The van der Waals surface area contributed by atoms with E-state index in [4.69, 9.17) is 9.47 Å². The summed E-state index contributed by atoms with van der Waals surface area (Å²) in [7, 11) is 0. The predicted octanol–water partition coefficient (Wildman–Crippen LogP) is 10.2. The molecule has 1 amide bonds. The Balaban J connectivity index is 2.38. The molecule has 1 heterocycles. The number of carbonyl (C=O) groups is 1. The van der Waals surface area contributed by atoms with E-state index >= 15 is 0 Å². The molecule has 10 nitrogen and oxygen atoms in total. The van der Waals surface area contributed by atoms with E-state index in [1.807, 2.05) is 6.08 Å². The van der Waals surface area contributed by atoms with Gasteiger partial charge in [-0.2, -0.15) is 0 Å².